The second-order valence-corrected chi connectivity index (χ2v) is 7.63. The van der Waals surface area contributed by atoms with Crippen LogP contribution in [-0.2, 0) is 25.8 Å². The number of sulfonamides is 1. The number of hydrogen-bond donors (Lipinski definition) is 4. The molecule has 1 rings (SSSR count). The van der Waals surface area contributed by atoms with E-state index < -0.39 is 62.5 Å². The van der Waals surface area contributed by atoms with Crippen molar-refractivity contribution in [2.45, 2.75) is 38.1 Å². The van der Waals surface area contributed by atoms with Crippen LogP contribution in [0.1, 0.15) is 25.8 Å². The van der Waals surface area contributed by atoms with E-state index in [1.165, 1.54) is 11.6 Å². The van der Waals surface area contributed by atoms with Crippen molar-refractivity contribution in [1.29, 1.82) is 0 Å². The van der Waals surface area contributed by atoms with Crippen molar-refractivity contribution < 1.29 is 45.8 Å². The third kappa shape index (κ3) is 5.55. The minimum absolute atomic E-state index is 0.0813. The number of aliphatic hydroxyl groups is 1. The smallest absolute Gasteiger partial charge is 0.418 e. The molecule has 0 spiro atoms. The van der Waals surface area contributed by atoms with Gasteiger partial charge in [0, 0.05) is 0 Å². The predicted molar refractivity (Wildman–Crippen MR) is 89.3 cm³/mol. The quantitative estimate of drug-likeness (QED) is 0.460. The molecule has 0 aromatic heterocycles. The number of carbonyl (C=O) groups excluding carboxylic acids is 1. The third-order valence-electron chi connectivity index (χ3n) is 3.89. The molecule has 0 bridgehead atoms. The number of aliphatic carboxylic acids is 1. The lowest BCUT2D eigenvalue weighted by Gasteiger charge is -2.32. The van der Waals surface area contributed by atoms with Crippen molar-refractivity contribution in [3.63, 3.8) is 0 Å². The number of nitrogens with one attached hydrogen (secondary N) is 2. The van der Waals surface area contributed by atoms with Gasteiger partial charge in [-0.05, 0) is 31.5 Å². The summed E-state index contributed by atoms with van der Waals surface area (Å²) in [5.41, 5.74) is -4.79. The van der Waals surface area contributed by atoms with Crippen LogP contribution in [0.5, 0.6) is 0 Å². The first-order chi connectivity index (χ1) is 12.6. The largest absolute Gasteiger partial charge is 0.479 e. The number of alkyl halides is 3. The van der Waals surface area contributed by atoms with E-state index in [0.29, 0.717) is 12.1 Å². The molecule has 158 valence electrons. The van der Waals surface area contributed by atoms with Gasteiger partial charge in [-0.2, -0.15) is 13.2 Å². The normalized spacial score (nSPS) is 15.4. The molecule has 0 aliphatic rings. The highest BCUT2D eigenvalue weighted by atomic mass is 32.2. The molecular weight excluding hydrogens is 412 g/mol. The number of hydrogen-bond acceptors (Lipinski definition) is 5. The van der Waals surface area contributed by atoms with Crippen LogP contribution >= 0.6 is 0 Å². The molecule has 0 fully saturated rings. The van der Waals surface area contributed by atoms with Crippen LogP contribution in [0.4, 0.5) is 23.2 Å². The Balaban J connectivity index is 3.08. The zero-order valence-electron chi connectivity index (χ0n) is 14.7. The van der Waals surface area contributed by atoms with Crippen LogP contribution in [0.3, 0.4) is 0 Å². The number of carboxylic acids is 1. The molecule has 28 heavy (non-hydrogen) atoms. The maximum Gasteiger partial charge on any atom is 0.418 e. The number of halogens is 4. The molecule has 0 heterocycles. The molecule has 2 unspecified atom stereocenters. The highest BCUT2D eigenvalue weighted by Crippen LogP contribution is 2.35. The van der Waals surface area contributed by atoms with Gasteiger partial charge in [-0.1, -0.05) is 6.92 Å². The Morgan fingerprint density at radius 2 is 1.82 bits per heavy atom. The third-order valence-corrected chi connectivity index (χ3v) is 5.06. The summed E-state index contributed by atoms with van der Waals surface area (Å²) >= 11 is 0. The zero-order valence-corrected chi connectivity index (χ0v) is 15.5. The van der Waals surface area contributed by atoms with Crippen molar-refractivity contribution in [1.82, 2.24) is 5.32 Å². The number of aliphatic hydroxyl groups excluding tert-OH is 1. The average molecular weight is 430 g/mol. The molecule has 0 aliphatic carbocycles. The van der Waals surface area contributed by atoms with Gasteiger partial charge < -0.3 is 15.5 Å². The van der Waals surface area contributed by atoms with Gasteiger partial charge in [-0.25, -0.2) is 17.6 Å². The standard InChI is InChI=1S/C15H18F4N2O6S/c1-3-14(8(2)22,13(24)25)20-12(23)7-28(26,27)21-11-5-4-9(16)6-10(11)15(17,18)19/h4-6,8,21-22H,3,7H2,1-2H3,(H,20,23)(H,24,25). The molecular formula is C15H18F4N2O6S. The first kappa shape index (κ1) is 23.6. The number of anilines is 1. The van der Waals surface area contributed by atoms with Gasteiger partial charge in [0.15, 0.2) is 5.54 Å². The summed E-state index contributed by atoms with van der Waals surface area (Å²) < 4.78 is 77.5. The van der Waals surface area contributed by atoms with Gasteiger partial charge in [0.2, 0.25) is 15.9 Å². The molecule has 1 aromatic carbocycles. The Labute approximate surface area is 157 Å². The fourth-order valence-electron chi connectivity index (χ4n) is 2.37. The number of rotatable bonds is 8. The zero-order chi connectivity index (χ0) is 21.9. The van der Waals surface area contributed by atoms with Crippen LogP contribution in [0.2, 0.25) is 0 Å². The van der Waals surface area contributed by atoms with E-state index in [1.54, 1.807) is 0 Å². The molecule has 0 saturated heterocycles. The first-order valence-electron chi connectivity index (χ1n) is 7.74. The topological polar surface area (TPSA) is 133 Å². The van der Waals surface area contributed by atoms with Gasteiger partial charge in [0.05, 0.1) is 17.4 Å². The Morgan fingerprint density at radius 1 is 1.25 bits per heavy atom. The summed E-state index contributed by atoms with van der Waals surface area (Å²) in [5, 5.41) is 20.8. The van der Waals surface area contributed by atoms with E-state index in [1.807, 2.05) is 5.32 Å². The van der Waals surface area contributed by atoms with Crippen LogP contribution in [0.25, 0.3) is 0 Å². The lowest BCUT2D eigenvalue weighted by atomic mass is 9.90. The van der Waals surface area contributed by atoms with Gasteiger partial charge in [-0.3, -0.25) is 9.52 Å². The second kappa shape index (κ2) is 8.31. The number of amides is 1. The monoisotopic (exact) mass is 430 g/mol. The van der Waals surface area contributed by atoms with E-state index in [0.717, 1.165) is 6.92 Å². The molecule has 2 atom stereocenters. The molecule has 0 saturated carbocycles. The summed E-state index contributed by atoms with van der Waals surface area (Å²) in [6.45, 7) is 2.39. The first-order valence-corrected chi connectivity index (χ1v) is 9.39. The van der Waals surface area contributed by atoms with Crippen molar-refractivity contribution >= 4 is 27.6 Å². The van der Waals surface area contributed by atoms with Crippen molar-refractivity contribution in [2.75, 3.05) is 10.5 Å². The van der Waals surface area contributed by atoms with E-state index in [-0.39, 0.29) is 12.5 Å². The van der Waals surface area contributed by atoms with E-state index in [2.05, 4.69) is 0 Å². The molecule has 13 heteroatoms. The molecule has 4 N–H and O–H groups in total. The van der Waals surface area contributed by atoms with E-state index >= 15 is 0 Å². The van der Waals surface area contributed by atoms with E-state index in [4.69, 9.17) is 0 Å². The molecule has 8 nitrogen and oxygen atoms in total. The minimum Gasteiger partial charge on any atom is -0.479 e. The van der Waals surface area contributed by atoms with Crippen LogP contribution in [0, 0.1) is 5.82 Å². The Hall–Kier alpha value is -2.41. The molecule has 0 radical (unpaired) electrons. The fraction of sp³-hybridized carbons (Fsp3) is 0.467. The Bertz CT molecular complexity index is 857. The lowest BCUT2D eigenvalue weighted by Crippen LogP contribution is -2.61. The van der Waals surface area contributed by atoms with E-state index in [9.17, 15) is 45.8 Å². The summed E-state index contributed by atoms with van der Waals surface area (Å²) in [7, 11) is -4.72. The highest BCUT2D eigenvalue weighted by Gasteiger charge is 2.43. The number of benzene rings is 1. The lowest BCUT2D eigenvalue weighted by molar-refractivity contribution is -0.152. The maximum absolute atomic E-state index is 13.1. The summed E-state index contributed by atoms with van der Waals surface area (Å²) in [4.78, 5) is 23.4. The summed E-state index contributed by atoms with van der Waals surface area (Å²) in [5.74, 6) is -5.67. The predicted octanol–water partition coefficient (Wildman–Crippen LogP) is 1.32. The molecule has 1 aromatic rings. The van der Waals surface area contributed by atoms with Crippen molar-refractivity contribution in [2.24, 2.45) is 0 Å². The highest BCUT2D eigenvalue weighted by molar-refractivity contribution is 7.93. The average Bonchev–Trinajstić information content (AvgIpc) is 2.51. The van der Waals surface area contributed by atoms with Gasteiger partial charge >= 0.3 is 12.1 Å². The molecule has 1 amide bonds. The van der Waals surface area contributed by atoms with Crippen LogP contribution in [0.15, 0.2) is 18.2 Å². The summed E-state index contributed by atoms with van der Waals surface area (Å²) in [6, 6.07) is 1.21. The molecule has 0 aliphatic heterocycles. The van der Waals surface area contributed by atoms with Gasteiger partial charge in [0.1, 0.15) is 11.6 Å². The number of carbonyl (C=O) groups is 2. The fourth-order valence-corrected chi connectivity index (χ4v) is 3.38. The van der Waals surface area contributed by atoms with Gasteiger partial charge in [-0.15, -0.1) is 0 Å². The van der Waals surface area contributed by atoms with Crippen LogP contribution in [-0.4, -0.2) is 47.9 Å². The second-order valence-electron chi connectivity index (χ2n) is 5.90. The number of carboxylic acid groups (broad SMARTS) is 1. The van der Waals surface area contributed by atoms with Crippen molar-refractivity contribution in [3.05, 3.63) is 29.6 Å². The van der Waals surface area contributed by atoms with Crippen molar-refractivity contribution in [3.8, 4) is 0 Å². The Morgan fingerprint density at radius 3 is 2.25 bits per heavy atom. The minimum atomic E-state index is -5.07. The van der Waals surface area contributed by atoms with Gasteiger partial charge in [0.25, 0.3) is 0 Å². The SMILES string of the molecule is CCC(NC(=O)CS(=O)(=O)Nc1ccc(F)cc1C(F)(F)F)(C(=O)O)C(C)O. The van der Waals surface area contributed by atoms with Crippen LogP contribution < -0.4 is 10.0 Å². The Kier molecular flexibility index (Phi) is 7.01. The maximum atomic E-state index is 13.1. The summed E-state index contributed by atoms with van der Waals surface area (Å²) in [6.07, 6.45) is -6.96.